The van der Waals surface area contributed by atoms with Crippen molar-refractivity contribution < 1.29 is 59.9 Å². The Labute approximate surface area is 147 Å². The van der Waals surface area contributed by atoms with Crippen LogP contribution < -0.4 is 0 Å². The van der Waals surface area contributed by atoms with E-state index in [4.69, 9.17) is 29.5 Å². The second-order valence-corrected chi connectivity index (χ2v) is 5.63. The second-order valence-electron chi connectivity index (χ2n) is 5.63. The van der Waals surface area contributed by atoms with Gasteiger partial charge in [-0.25, -0.2) is 10.2 Å². The summed E-state index contributed by atoms with van der Waals surface area (Å²) in [5.74, 6) is 0. The monoisotopic (exact) mass is 385 g/mol. The van der Waals surface area contributed by atoms with Gasteiger partial charge in [0, 0.05) is 0 Å². The predicted molar refractivity (Wildman–Crippen MR) is 77.0 cm³/mol. The molecule has 2 rings (SSSR count). The van der Waals surface area contributed by atoms with Crippen molar-refractivity contribution in [1.29, 1.82) is 5.41 Å². The quantitative estimate of drug-likeness (QED) is 0.163. The molecule has 2 saturated heterocycles. The maximum Gasteiger partial charge on any atom is 0.231 e. The molecule has 26 heavy (non-hydrogen) atoms. The summed E-state index contributed by atoms with van der Waals surface area (Å²) in [6, 6.07) is 0. The molecule has 0 bridgehead atoms. The van der Waals surface area contributed by atoms with E-state index in [1.54, 1.807) is 0 Å². The Morgan fingerprint density at radius 2 is 1.35 bits per heavy atom. The van der Waals surface area contributed by atoms with Gasteiger partial charge < -0.3 is 55.1 Å². The Bertz CT molecular complexity index is 456. The van der Waals surface area contributed by atoms with Crippen LogP contribution in [0, 0.1) is 5.41 Å². The summed E-state index contributed by atoms with van der Waals surface area (Å²) in [5.41, 5.74) is 0. The fraction of sp³-hybridized carbons (Fsp3) is 0.923. The number of hydrogen-bond acceptors (Lipinski definition) is 13. The topological polar surface area (TPSA) is 230 Å². The van der Waals surface area contributed by atoms with Crippen molar-refractivity contribution in [3.05, 3.63) is 0 Å². The predicted octanol–water partition coefficient (Wildman–Crippen LogP) is -5.50. The smallest absolute Gasteiger partial charge is 0.231 e. The normalized spacial score (nSPS) is 46.0. The van der Waals surface area contributed by atoms with Gasteiger partial charge in [-0.05, 0) is 0 Å². The van der Waals surface area contributed by atoms with Gasteiger partial charge in [-0.1, -0.05) is 0 Å². The molecule has 2 heterocycles. The molecule has 0 aromatic carbocycles. The number of carbonyl (C=O) groups excluding carboxylic acids is 1. The van der Waals surface area contributed by atoms with Crippen LogP contribution in [-0.4, -0.2) is 122 Å². The maximum atomic E-state index is 9.94. The van der Waals surface area contributed by atoms with Gasteiger partial charge in [0.2, 0.25) is 6.08 Å². The van der Waals surface area contributed by atoms with Crippen LogP contribution in [0.25, 0.3) is 0 Å². The van der Waals surface area contributed by atoms with Crippen LogP contribution in [-0.2, 0) is 19.0 Å². The number of aliphatic hydroxyl groups excluding tert-OH is 8. The zero-order valence-electron chi connectivity index (χ0n) is 13.4. The third kappa shape index (κ3) is 5.01. The Morgan fingerprint density at radius 3 is 1.85 bits per heavy atom. The van der Waals surface area contributed by atoms with Crippen molar-refractivity contribution in [2.75, 3.05) is 13.2 Å². The Morgan fingerprint density at radius 1 is 0.808 bits per heavy atom. The lowest BCUT2D eigenvalue weighted by atomic mass is 9.97. The van der Waals surface area contributed by atoms with E-state index in [2.05, 4.69) is 0 Å². The SMILES string of the molecule is N=C=O.OC[C@H]1O[C@@H](O[C@H]2[C@H](O)[C@@H](O)C(O)O[C@@H]2CO)[C@H](O)[C@@H](O)[C@H]1O. The van der Waals surface area contributed by atoms with Crippen molar-refractivity contribution in [2.45, 2.75) is 61.4 Å². The van der Waals surface area contributed by atoms with Gasteiger partial charge >= 0.3 is 0 Å². The van der Waals surface area contributed by atoms with Crippen molar-refractivity contribution in [2.24, 2.45) is 0 Å². The fourth-order valence-corrected chi connectivity index (χ4v) is 2.57. The lowest BCUT2D eigenvalue weighted by Gasteiger charge is -2.45. The highest BCUT2D eigenvalue weighted by Crippen LogP contribution is 2.28. The molecular weight excluding hydrogens is 362 g/mol. The molecule has 0 aliphatic carbocycles. The number of aliphatic hydroxyl groups is 8. The van der Waals surface area contributed by atoms with Crippen LogP contribution in [0.1, 0.15) is 0 Å². The first-order valence-corrected chi connectivity index (χ1v) is 7.53. The molecule has 152 valence electrons. The Kier molecular flexibility index (Phi) is 9.12. The second kappa shape index (κ2) is 10.3. The summed E-state index contributed by atoms with van der Waals surface area (Å²) >= 11 is 0. The van der Waals surface area contributed by atoms with Gasteiger partial charge in [0.25, 0.3) is 0 Å². The molecule has 13 nitrogen and oxygen atoms in total. The highest BCUT2D eigenvalue weighted by Gasteiger charge is 2.50. The summed E-state index contributed by atoms with van der Waals surface area (Å²) in [6.07, 6.45) is -14.8. The number of isocyanates is 1. The first-order valence-electron chi connectivity index (χ1n) is 7.53. The summed E-state index contributed by atoms with van der Waals surface area (Å²) in [6.45, 7) is -1.35. The van der Waals surface area contributed by atoms with E-state index in [1.807, 2.05) is 0 Å². The molecule has 0 amide bonds. The minimum atomic E-state index is -1.74. The zero-order chi connectivity index (χ0) is 20.0. The minimum absolute atomic E-state index is 0.667. The third-order valence-electron chi connectivity index (χ3n) is 3.98. The number of nitrogens with one attached hydrogen (secondary N) is 1. The first-order chi connectivity index (χ1) is 12.2. The molecule has 2 aliphatic rings. The molecule has 0 spiro atoms. The summed E-state index contributed by atoms with van der Waals surface area (Å²) < 4.78 is 15.3. The van der Waals surface area contributed by atoms with E-state index in [1.165, 1.54) is 0 Å². The average molecular weight is 385 g/mol. The maximum absolute atomic E-state index is 9.94. The highest BCUT2D eigenvalue weighted by molar-refractivity contribution is 5.26. The van der Waals surface area contributed by atoms with Crippen LogP contribution >= 0.6 is 0 Å². The Hall–Kier alpha value is -1.06. The van der Waals surface area contributed by atoms with Crippen LogP contribution in [0.4, 0.5) is 0 Å². The van der Waals surface area contributed by atoms with E-state index >= 15 is 0 Å². The van der Waals surface area contributed by atoms with E-state index in [0.29, 0.717) is 0 Å². The average Bonchev–Trinajstić information content (AvgIpc) is 2.62. The van der Waals surface area contributed by atoms with Gasteiger partial charge in [0.15, 0.2) is 12.6 Å². The van der Waals surface area contributed by atoms with Crippen LogP contribution in [0.2, 0.25) is 0 Å². The Balaban J connectivity index is 0.00000105. The molecule has 13 heteroatoms. The summed E-state index contributed by atoms with van der Waals surface area (Å²) in [7, 11) is 0. The van der Waals surface area contributed by atoms with Crippen LogP contribution in [0.5, 0.6) is 0 Å². The third-order valence-corrected chi connectivity index (χ3v) is 3.98. The van der Waals surface area contributed by atoms with Gasteiger partial charge in [0.05, 0.1) is 13.2 Å². The minimum Gasteiger partial charge on any atom is -0.394 e. The van der Waals surface area contributed by atoms with E-state index < -0.39 is 74.6 Å². The molecule has 1 unspecified atom stereocenters. The molecule has 0 radical (unpaired) electrons. The van der Waals surface area contributed by atoms with E-state index in [0.717, 1.165) is 6.08 Å². The molecule has 2 fully saturated rings. The van der Waals surface area contributed by atoms with Crippen molar-refractivity contribution >= 4 is 6.08 Å². The van der Waals surface area contributed by atoms with Crippen LogP contribution in [0.3, 0.4) is 0 Å². The van der Waals surface area contributed by atoms with Crippen molar-refractivity contribution in [3.63, 3.8) is 0 Å². The first kappa shape index (κ1) is 23.0. The number of rotatable bonds is 4. The zero-order valence-corrected chi connectivity index (χ0v) is 13.4. The van der Waals surface area contributed by atoms with Gasteiger partial charge in [0.1, 0.15) is 48.8 Å². The lowest BCUT2D eigenvalue weighted by Crippen LogP contribution is -2.64. The number of ether oxygens (including phenoxy) is 3. The van der Waals surface area contributed by atoms with Gasteiger partial charge in [-0.15, -0.1) is 0 Å². The molecule has 9 N–H and O–H groups in total. The van der Waals surface area contributed by atoms with Crippen LogP contribution in [0.15, 0.2) is 0 Å². The van der Waals surface area contributed by atoms with E-state index in [9.17, 15) is 35.7 Å². The number of hydrogen-bond donors (Lipinski definition) is 9. The molecule has 0 saturated carbocycles. The standard InChI is InChI=1S/C12H22O11.CHNO/c13-1-3-5(15)6(16)9(19)12(22-3)23-10-4(2-14)21-11(20)8(18)7(10)17;2-1-3/h3-20H,1-2H2;2H/t3-,4-,5+,6+,7-,8-,9-,10-,11?,12+;/m1./s1. The summed E-state index contributed by atoms with van der Waals surface area (Å²) in [4.78, 5) is 8.35. The largest absolute Gasteiger partial charge is 0.394 e. The lowest BCUT2D eigenvalue weighted by molar-refractivity contribution is -0.355. The van der Waals surface area contributed by atoms with Crippen molar-refractivity contribution in [1.82, 2.24) is 0 Å². The molecule has 10 atom stereocenters. The highest BCUT2D eigenvalue weighted by atomic mass is 16.7. The van der Waals surface area contributed by atoms with Gasteiger partial charge in [-0.2, -0.15) is 0 Å². The molecular formula is C13H23NO12. The van der Waals surface area contributed by atoms with Gasteiger partial charge in [-0.3, -0.25) is 0 Å². The summed E-state index contributed by atoms with van der Waals surface area (Å²) in [5, 5.41) is 81.9. The molecule has 0 aromatic rings. The molecule has 2 aliphatic heterocycles. The van der Waals surface area contributed by atoms with E-state index in [-0.39, 0.29) is 0 Å². The molecule has 0 aromatic heterocycles. The van der Waals surface area contributed by atoms with Crippen molar-refractivity contribution in [3.8, 4) is 0 Å². The fourth-order valence-electron chi connectivity index (χ4n) is 2.57.